The molecule has 0 saturated carbocycles. The van der Waals surface area contributed by atoms with Crippen LogP contribution in [-0.2, 0) is 11.8 Å². The molecule has 0 aliphatic rings. The molecule has 9 heteroatoms. The van der Waals surface area contributed by atoms with Gasteiger partial charge in [0, 0.05) is 17.6 Å². The van der Waals surface area contributed by atoms with Crippen LogP contribution in [0.3, 0.4) is 0 Å². The molecule has 138 valence electrons. The minimum atomic E-state index is -0.325. The third-order valence-electron chi connectivity index (χ3n) is 3.54. The smallest absolute Gasteiger partial charge is 0.250 e. The van der Waals surface area contributed by atoms with Crippen LogP contribution in [0.4, 0.5) is 4.39 Å². The van der Waals surface area contributed by atoms with Crippen LogP contribution in [-0.4, -0.2) is 32.6 Å². The van der Waals surface area contributed by atoms with Crippen LogP contribution >= 0.6 is 23.4 Å². The molecule has 0 spiro atoms. The first-order valence-electron chi connectivity index (χ1n) is 7.88. The van der Waals surface area contributed by atoms with E-state index >= 15 is 0 Å². The monoisotopic (exact) mass is 403 g/mol. The lowest BCUT2D eigenvalue weighted by Gasteiger charge is -2.04. The first-order valence-corrected chi connectivity index (χ1v) is 9.25. The zero-order valence-electron chi connectivity index (χ0n) is 14.3. The minimum absolute atomic E-state index is 0.132. The molecular weight excluding hydrogens is 389 g/mol. The third kappa shape index (κ3) is 5.15. The summed E-state index contributed by atoms with van der Waals surface area (Å²) in [5.74, 6) is 0.209. The molecule has 3 aromatic rings. The number of aromatic nitrogens is 3. The van der Waals surface area contributed by atoms with Gasteiger partial charge in [0.2, 0.25) is 0 Å². The van der Waals surface area contributed by atoms with Crippen LogP contribution in [0.2, 0.25) is 5.02 Å². The van der Waals surface area contributed by atoms with Crippen LogP contribution < -0.4 is 5.43 Å². The Morgan fingerprint density at radius 2 is 1.93 bits per heavy atom. The lowest BCUT2D eigenvalue weighted by molar-refractivity contribution is -0.118. The van der Waals surface area contributed by atoms with Crippen molar-refractivity contribution in [3.8, 4) is 11.4 Å². The van der Waals surface area contributed by atoms with Crippen molar-refractivity contribution in [3.05, 3.63) is 64.9 Å². The van der Waals surface area contributed by atoms with E-state index in [-0.39, 0.29) is 17.5 Å². The maximum Gasteiger partial charge on any atom is 0.250 e. The van der Waals surface area contributed by atoms with Gasteiger partial charge in [-0.3, -0.25) is 4.79 Å². The lowest BCUT2D eigenvalue weighted by atomic mass is 10.2. The van der Waals surface area contributed by atoms with Gasteiger partial charge in [-0.15, -0.1) is 10.2 Å². The Morgan fingerprint density at radius 3 is 2.63 bits per heavy atom. The van der Waals surface area contributed by atoms with Crippen LogP contribution in [0.15, 0.2) is 58.8 Å². The molecule has 0 atom stereocenters. The van der Waals surface area contributed by atoms with Gasteiger partial charge in [0.1, 0.15) is 5.82 Å². The molecule has 0 fully saturated rings. The van der Waals surface area contributed by atoms with E-state index in [1.807, 2.05) is 23.7 Å². The maximum absolute atomic E-state index is 12.8. The molecular formula is C18H15ClFN5OS. The van der Waals surface area contributed by atoms with E-state index in [2.05, 4.69) is 20.7 Å². The Labute approximate surface area is 164 Å². The average molecular weight is 404 g/mol. The molecule has 0 aliphatic carbocycles. The van der Waals surface area contributed by atoms with Crippen molar-refractivity contribution >= 4 is 35.5 Å². The number of hydrazone groups is 1. The van der Waals surface area contributed by atoms with E-state index in [1.165, 1.54) is 30.1 Å². The number of hydrogen-bond donors (Lipinski definition) is 1. The normalized spacial score (nSPS) is 11.1. The summed E-state index contributed by atoms with van der Waals surface area (Å²) in [5, 5.41) is 13.4. The highest BCUT2D eigenvalue weighted by molar-refractivity contribution is 7.99. The Bertz CT molecular complexity index is 957. The zero-order chi connectivity index (χ0) is 19.2. The third-order valence-corrected chi connectivity index (χ3v) is 4.81. The molecule has 1 aromatic heterocycles. The zero-order valence-corrected chi connectivity index (χ0v) is 15.8. The van der Waals surface area contributed by atoms with Crippen molar-refractivity contribution in [2.24, 2.45) is 12.1 Å². The molecule has 2 aromatic carbocycles. The van der Waals surface area contributed by atoms with Crippen LogP contribution in [0.5, 0.6) is 0 Å². The van der Waals surface area contributed by atoms with Crippen molar-refractivity contribution in [1.29, 1.82) is 0 Å². The molecule has 0 saturated heterocycles. The summed E-state index contributed by atoms with van der Waals surface area (Å²) >= 11 is 7.15. The molecule has 1 amide bonds. The standard InChI is InChI=1S/C18H15ClFN5OS/c1-25-17(13-4-6-14(19)7-5-13)23-24-18(25)27-11-16(26)22-21-10-12-2-8-15(20)9-3-12/h2-10H,11H2,1H3,(H,22,26)/b21-10+. The van der Waals surface area contributed by atoms with E-state index in [4.69, 9.17) is 11.6 Å². The number of hydrogen-bond acceptors (Lipinski definition) is 5. The summed E-state index contributed by atoms with van der Waals surface area (Å²) in [4.78, 5) is 11.9. The van der Waals surface area contributed by atoms with Gasteiger partial charge in [0.05, 0.1) is 12.0 Å². The van der Waals surface area contributed by atoms with E-state index < -0.39 is 0 Å². The van der Waals surface area contributed by atoms with Crippen LogP contribution in [0.25, 0.3) is 11.4 Å². The predicted octanol–water partition coefficient (Wildman–Crippen LogP) is 3.52. The number of nitrogens with one attached hydrogen (secondary N) is 1. The fraction of sp³-hybridized carbons (Fsp3) is 0.111. The van der Waals surface area contributed by atoms with Crippen molar-refractivity contribution in [1.82, 2.24) is 20.2 Å². The second-order valence-corrected chi connectivity index (χ2v) is 6.88. The number of nitrogens with zero attached hydrogens (tertiary/aromatic N) is 4. The SMILES string of the molecule is Cn1c(SCC(=O)N/N=C/c2ccc(F)cc2)nnc1-c1ccc(Cl)cc1. The van der Waals surface area contributed by atoms with Gasteiger partial charge in [-0.05, 0) is 42.0 Å². The number of carbonyl (C=O) groups excluding carboxylic acids is 1. The first-order chi connectivity index (χ1) is 13.0. The van der Waals surface area contributed by atoms with Gasteiger partial charge >= 0.3 is 0 Å². The quantitative estimate of drug-likeness (QED) is 0.388. The van der Waals surface area contributed by atoms with Gasteiger partial charge in [-0.25, -0.2) is 9.82 Å². The van der Waals surface area contributed by atoms with Gasteiger partial charge in [-0.1, -0.05) is 35.5 Å². The molecule has 0 bridgehead atoms. The highest BCUT2D eigenvalue weighted by atomic mass is 35.5. The molecule has 1 N–H and O–H groups in total. The molecule has 0 unspecified atom stereocenters. The number of amides is 1. The predicted molar refractivity (Wildman–Crippen MR) is 104 cm³/mol. The van der Waals surface area contributed by atoms with Gasteiger partial charge in [0.25, 0.3) is 5.91 Å². The van der Waals surface area contributed by atoms with Crippen LogP contribution in [0.1, 0.15) is 5.56 Å². The fourth-order valence-corrected chi connectivity index (χ4v) is 3.01. The summed E-state index contributed by atoms with van der Waals surface area (Å²) in [5.41, 5.74) is 3.99. The highest BCUT2D eigenvalue weighted by Gasteiger charge is 2.12. The van der Waals surface area contributed by atoms with E-state index in [1.54, 1.807) is 24.3 Å². The number of halogens is 2. The largest absolute Gasteiger partial charge is 0.305 e. The van der Waals surface area contributed by atoms with Crippen molar-refractivity contribution in [2.45, 2.75) is 5.16 Å². The van der Waals surface area contributed by atoms with Gasteiger partial charge in [0.15, 0.2) is 11.0 Å². The second kappa shape index (κ2) is 8.79. The number of thioether (sulfide) groups is 1. The average Bonchev–Trinajstić information content (AvgIpc) is 3.03. The van der Waals surface area contributed by atoms with Gasteiger partial charge in [-0.2, -0.15) is 5.10 Å². The van der Waals surface area contributed by atoms with Crippen molar-refractivity contribution in [3.63, 3.8) is 0 Å². The minimum Gasteiger partial charge on any atom is -0.305 e. The fourth-order valence-electron chi connectivity index (χ4n) is 2.18. The molecule has 0 aliphatic heterocycles. The Kier molecular flexibility index (Phi) is 6.20. The van der Waals surface area contributed by atoms with Gasteiger partial charge < -0.3 is 4.57 Å². The number of benzene rings is 2. The summed E-state index contributed by atoms with van der Waals surface area (Å²) in [6.07, 6.45) is 1.45. The summed E-state index contributed by atoms with van der Waals surface area (Å²) in [6, 6.07) is 13.1. The Morgan fingerprint density at radius 1 is 1.22 bits per heavy atom. The Balaban J connectivity index is 1.54. The van der Waals surface area contributed by atoms with Crippen molar-refractivity contribution in [2.75, 3.05) is 5.75 Å². The summed E-state index contributed by atoms with van der Waals surface area (Å²) < 4.78 is 14.6. The molecule has 6 nitrogen and oxygen atoms in total. The van der Waals surface area contributed by atoms with E-state index in [0.717, 1.165) is 5.56 Å². The van der Waals surface area contributed by atoms with E-state index in [9.17, 15) is 9.18 Å². The summed E-state index contributed by atoms with van der Waals surface area (Å²) in [6.45, 7) is 0. The van der Waals surface area contributed by atoms with Crippen LogP contribution in [0, 0.1) is 5.82 Å². The summed E-state index contributed by atoms with van der Waals surface area (Å²) in [7, 11) is 1.83. The first kappa shape index (κ1) is 19.1. The Hall–Kier alpha value is -2.71. The topological polar surface area (TPSA) is 72.2 Å². The molecule has 27 heavy (non-hydrogen) atoms. The maximum atomic E-state index is 12.8. The number of rotatable bonds is 6. The molecule has 1 heterocycles. The molecule has 0 radical (unpaired) electrons. The van der Waals surface area contributed by atoms with Crippen molar-refractivity contribution < 1.29 is 9.18 Å². The highest BCUT2D eigenvalue weighted by Crippen LogP contribution is 2.23. The second-order valence-electron chi connectivity index (χ2n) is 5.51. The number of carbonyl (C=O) groups is 1. The molecule has 3 rings (SSSR count). The lowest BCUT2D eigenvalue weighted by Crippen LogP contribution is -2.19. The van der Waals surface area contributed by atoms with E-state index in [0.29, 0.717) is 21.6 Å².